The molecule has 1 aromatic carbocycles. The first-order chi connectivity index (χ1) is 8.74. The fourth-order valence-corrected chi connectivity index (χ4v) is 3.42. The number of fused-ring (bicyclic) bond motifs is 1. The van der Waals surface area contributed by atoms with Crippen LogP contribution in [0, 0.1) is 11.6 Å². The van der Waals surface area contributed by atoms with Gasteiger partial charge in [0.15, 0.2) is 0 Å². The van der Waals surface area contributed by atoms with Gasteiger partial charge in [-0.3, -0.25) is 0 Å². The fourth-order valence-electron chi connectivity index (χ4n) is 2.43. The van der Waals surface area contributed by atoms with Crippen molar-refractivity contribution in [3.8, 4) is 0 Å². The largest absolute Gasteiger partial charge is 0.376 e. The molecule has 1 aliphatic carbocycles. The minimum atomic E-state index is -0.416. The van der Waals surface area contributed by atoms with Crippen molar-refractivity contribution in [3.63, 3.8) is 0 Å². The van der Waals surface area contributed by atoms with E-state index in [0.29, 0.717) is 0 Å². The van der Waals surface area contributed by atoms with Gasteiger partial charge in [0.2, 0.25) is 0 Å². The highest BCUT2D eigenvalue weighted by molar-refractivity contribution is 7.10. The summed E-state index contributed by atoms with van der Waals surface area (Å²) in [7, 11) is 0. The second-order valence-electron chi connectivity index (χ2n) is 4.51. The van der Waals surface area contributed by atoms with Crippen LogP contribution in [0.15, 0.2) is 29.6 Å². The number of hydrogen-bond donors (Lipinski definition) is 1. The summed E-state index contributed by atoms with van der Waals surface area (Å²) in [6.07, 6.45) is 3.14. The highest BCUT2D eigenvalue weighted by atomic mass is 32.1. The summed E-state index contributed by atoms with van der Waals surface area (Å²) < 4.78 is 26.7. The molecule has 0 spiro atoms. The molecule has 4 heteroatoms. The van der Waals surface area contributed by atoms with Crippen LogP contribution in [0.4, 0.5) is 14.5 Å². The number of rotatable bonds is 2. The first-order valence-corrected chi connectivity index (χ1v) is 6.90. The third-order valence-corrected chi connectivity index (χ3v) is 4.31. The van der Waals surface area contributed by atoms with Crippen LogP contribution in [0.3, 0.4) is 0 Å². The van der Waals surface area contributed by atoms with Crippen molar-refractivity contribution in [2.75, 3.05) is 5.32 Å². The van der Waals surface area contributed by atoms with Crippen LogP contribution in [0.25, 0.3) is 0 Å². The molecule has 0 bridgehead atoms. The van der Waals surface area contributed by atoms with E-state index in [1.807, 2.05) is 0 Å². The number of anilines is 1. The Labute approximate surface area is 108 Å². The van der Waals surface area contributed by atoms with Crippen molar-refractivity contribution in [2.45, 2.75) is 25.3 Å². The number of thiophene rings is 1. The van der Waals surface area contributed by atoms with E-state index in [4.69, 9.17) is 0 Å². The molecule has 1 nitrogen and oxygen atoms in total. The molecule has 1 atom stereocenters. The van der Waals surface area contributed by atoms with Crippen LogP contribution in [-0.4, -0.2) is 0 Å². The number of nitrogens with one attached hydrogen (secondary N) is 1. The van der Waals surface area contributed by atoms with Gasteiger partial charge in [0.1, 0.15) is 11.6 Å². The molecule has 1 N–H and O–H groups in total. The molecule has 18 heavy (non-hydrogen) atoms. The van der Waals surface area contributed by atoms with Crippen molar-refractivity contribution in [3.05, 3.63) is 51.7 Å². The van der Waals surface area contributed by atoms with Gasteiger partial charge < -0.3 is 5.32 Å². The molecule has 1 heterocycles. The normalized spacial score (nSPS) is 18.4. The van der Waals surface area contributed by atoms with Gasteiger partial charge in [0.05, 0.1) is 11.7 Å². The summed E-state index contributed by atoms with van der Waals surface area (Å²) in [6, 6.07) is 5.69. The van der Waals surface area contributed by atoms with Crippen molar-refractivity contribution in [2.24, 2.45) is 0 Å². The zero-order chi connectivity index (χ0) is 12.5. The molecular weight excluding hydrogens is 252 g/mol. The third-order valence-electron chi connectivity index (χ3n) is 3.31. The molecule has 1 unspecified atom stereocenters. The van der Waals surface area contributed by atoms with Crippen LogP contribution in [-0.2, 0) is 6.42 Å². The smallest absolute Gasteiger partial charge is 0.146 e. The highest BCUT2D eigenvalue weighted by Crippen LogP contribution is 2.36. The van der Waals surface area contributed by atoms with Crippen LogP contribution in [0.5, 0.6) is 0 Å². The SMILES string of the molecule is Fc1ccc(F)c(NC2CCCc3sccc32)c1. The summed E-state index contributed by atoms with van der Waals surface area (Å²) in [5, 5.41) is 5.19. The molecule has 0 amide bonds. The van der Waals surface area contributed by atoms with E-state index in [0.717, 1.165) is 31.4 Å². The van der Waals surface area contributed by atoms with Gasteiger partial charge in [-0.05, 0) is 54.5 Å². The maximum absolute atomic E-state index is 13.6. The Bertz CT molecular complexity index is 565. The molecule has 0 saturated heterocycles. The van der Waals surface area contributed by atoms with Gasteiger partial charge in [-0.15, -0.1) is 11.3 Å². The lowest BCUT2D eigenvalue weighted by Gasteiger charge is -2.24. The second kappa shape index (κ2) is 4.69. The monoisotopic (exact) mass is 265 g/mol. The van der Waals surface area contributed by atoms with Gasteiger partial charge in [-0.25, -0.2) is 8.78 Å². The van der Waals surface area contributed by atoms with Crippen LogP contribution in [0.2, 0.25) is 0 Å². The molecule has 0 saturated carbocycles. The Hall–Kier alpha value is -1.42. The van der Waals surface area contributed by atoms with Gasteiger partial charge in [0.25, 0.3) is 0 Å². The average molecular weight is 265 g/mol. The lowest BCUT2D eigenvalue weighted by Crippen LogP contribution is -2.16. The summed E-state index contributed by atoms with van der Waals surface area (Å²) in [4.78, 5) is 1.36. The molecular formula is C14H13F2NS. The number of halogens is 2. The second-order valence-corrected chi connectivity index (χ2v) is 5.51. The molecule has 3 rings (SSSR count). The van der Waals surface area contributed by atoms with Crippen LogP contribution in [0.1, 0.15) is 29.3 Å². The molecule has 1 aliphatic rings. The number of benzene rings is 1. The molecule has 0 radical (unpaired) electrons. The molecule has 0 fully saturated rings. The zero-order valence-corrected chi connectivity index (χ0v) is 10.6. The third kappa shape index (κ3) is 2.12. The Morgan fingerprint density at radius 3 is 3.00 bits per heavy atom. The predicted octanol–water partition coefficient (Wildman–Crippen LogP) is 4.52. The summed E-state index contributed by atoms with van der Waals surface area (Å²) >= 11 is 1.74. The molecule has 1 aromatic heterocycles. The Morgan fingerprint density at radius 2 is 2.11 bits per heavy atom. The summed E-state index contributed by atoms with van der Waals surface area (Å²) in [6.45, 7) is 0. The van der Waals surface area contributed by atoms with Crippen LogP contribution >= 0.6 is 11.3 Å². The topological polar surface area (TPSA) is 12.0 Å². The first-order valence-electron chi connectivity index (χ1n) is 6.02. The van der Waals surface area contributed by atoms with Crippen LogP contribution < -0.4 is 5.32 Å². The minimum Gasteiger partial charge on any atom is -0.376 e. The Kier molecular flexibility index (Phi) is 3.04. The van der Waals surface area contributed by atoms with E-state index in [-0.39, 0.29) is 11.7 Å². The quantitative estimate of drug-likeness (QED) is 0.842. The molecule has 2 aromatic rings. The molecule has 94 valence electrons. The van der Waals surface area contributed by atoms with E-state index >= 15 is 0 Å². The fraction of sp³-hybridized carbons (Fsp3) is 0.286. The first kappa shape index (κ1) is 11.7. The predicted molar refractivity (Wildman–Crippen MR) is 70.0 cm³/mol. The maximum Gasteiger partial charge on any atom is 0.146 e. The standard InChI is InChI=1S/C14H13F2NS/c15-9-4-5-11(16)13(8-9)17-12-2-1-3-14-10(12)6-7-18-14/h4-8,12,17H,1-3H2. The molecule has 0 aliphatic heterocycles. The lowest BCUT2D eigenvalue weighted by atomic mass is 9.94. The number of hydrogen-bond acceptors (Lipinski definition) is 2. The zero-order valence-electron chi connectivity index (χ0n) is 9.75. The summed E-state index contributed by atoms with van der Waals surface area (Å²) in [5.74, 6) is -0.820. The van der Waals surface area contributed by atoms with Crippen molar-refractivity contribution >= 4 is 17.0 Å². The van der Waals surface area contributed by atoms with Gasteiger partial charge in [0, 0.05) is 4.88 Å². The Balaban J connectivity index is 1.88. The van der Waals surface area contributed by atoms with Gasteiger partial charge >= 0.3 is 0 Å². The Morgan fingerprint density at radius 1 is 1.22 bits per heavy atom. The van der Waals surface area contributed by atoms with E-state index in [1.165, 1.54) is 16.5 Å². The highest BCUT2D eigenvalue weighted by Gasteiger charge is 2.21. The van der Waals surface area contributed by atoms with E-state index in [1.54, 1.807) is 11.3 Å². The minimum absolute atomic E-state index is 0.0938. The van der Waals surface area contributed by atoms with Gasteiger partial charge in [-0.2, -0.15) is 0 Å². The summed E-state index contributed by atoms with van der Waals surface area (Å²) in [5.41, 5.74) is 1.48. The van der Waals surface area contributed by atoms with E-state index in [9.17, 15) is 8.78 Å². The number of aryl methyl sites for hydroxylation is 1. The van der Waals surface area contributed by atoms with Crippen molar-refractivity contribution in [1.82, 2.24) is 0 Å². The van der Waals surface area contributed by atoms with E-state index < -0.39 is 11.6 Å². The van der Waals surface area contributed by atoms with Crippen molar-refractivity contribution < 1.29 is 8.78 Å². The maximum atomic E-state index is 13.6. The van der Waals surface area contributed by atoms with Gasteiger partial charge in [-0.1, -0.05) is 0 Å². The lowest BCUT2D eigenvalue weighted by molar-refractivity contribution is 0.582. The van der Waals surface area contributed by atoms with E-state index in [2.05, 4.69) is 16.8 Å². The van der Waals surface area contributed by atoms with Crippen molar-refractivity contribution in [1.29, 1.82) is 0 Å². The average Bonchev–Trinajstić information content (AvgIpc) is 2.83.